The van der Waals surface area contributed by atoms with E-state index in [-0.39, 0.29) is 11.6 Å². The molecule has 2 aliphatic rings. The van der Waals surface area contributed by atoms with E-state index in [1.807, 2.05) is 11.8 Å². The molecular weight excluding hydrogens is 192 g/mol. The summed E-state index contributed by atoms with van der Waals surface area (Å²) in [6.07, 6.45) is 1.34. The highest BCUT2D eigenvalue weighted by molar-refractivity contribution is 5.76. The van der Waals surface area contributed by atoms with E-state index in [1.165, 1.54) is 0 Å². The van der Waals surface area contributed by atoms with Gasteiger partial charge in [-0.05, 0) is 14.0 Å². The Morgan fingerprint density at radius 1 is 1.27 bits per heavy atom. The fourth-order valence-corrected chi connectivity index (χ4v) is 1.74. The summed E-state index contributed by atoms with van der Waals surface area (Å²) in [5.41, 5.74) is -0.234. The summed E-state index contributed by atoms with van der Waals surface area (Å²) >= 11 is 0. The van der Waals surface area contributed by atoms with Crippen LogP contribution in [0.1, 0.15) is 19.8 Å². The SMILES string of the molecule is CN1CCN(C(=O)CCC2(C)N=N2)CC1. The zero-order valence-corrected chi connectivity index (χ0v) is 9.44. The summed E-state index contributed by atoms with van der Waals surface area (Å²) in [7, 11) is 2.09. The van der Waals surface area contributed by atoms with Gasteiger partial charge in [-0.15, -0.1) is 0 Å². The number of hydrogen-bond donors (Lipinski definition) is 0. The molecule has 1 amide bonds. The highest BCUT2D eigenvalue weighted by atomic mass is 16.2. The average molecular weight is 210 g/mol. The minimum Gasteiger partial charge on any atom is -0.340 e. The van der Waals surface area contributed by atoms with Gasteiger partial charge >= 0.3 is 0 Å². The van der Waals surface area contributed by atoms with Crippen LogP contribution >= 0.6 is 0 Å². The van der Waals surface area contributed by atoms with Crippen molar-refractivity contribution in [3.8, 4) is 0 Å². The maximum atomic E-state index is 11.8. The Balaban J connectivity index is 1.71. The van der Waals surface area contributed by atoms with Crippen LogP contribution in [0.5, 0.6) is 0 Å². The van der Waals surface area contributed by atoms with Crippen molar-refractivity contribution in [3.05, 3.63) is 0 Å². The maximum absolute atomic E-state index is 11.8. The number of carbonyl (C=O) groups is 1. The molecule has 0 bridgehead atoms. The van der Waals surface area contributed by atoms with E-state index in [0.717, 1.165) is 32.6 Å². The van der Waals surface area contributed by atoms with Crippen LogP contribution in [0.3, 0.4) is 0 Å². The minimum absolute atomic E-state index is 0.234. The molecule has 84 valence electrons. The van der Waals surface area contributed by atoms with Crippen LogP contribution in [0.15, 0.2) is 10.2 Å². The van der Waals surface area contributed by atoms with E-state index in [0.29, 0.717) is 6.42 Å². The Hall–Kier alpha value is -0.970. The first-order valence-corrected chi connectivity index (χ1v) is 5.49. The molecule has 5 heteroatoms. The molecule has 0 aliphatic carbocycles. The molecule has 0 atom stereocenters. The number of hydrogen-bond acceptors (Lipinski definition) is 4. The van der Waals surface area contributed by atoms with Crippen molar-refractivity contribution in [2.75, 3.05) is 33.2 Å². The lowest BCUT2D eigenvalue weighted by atomic mass is 10.1. The first kappa shape index (κ1) is 10.5. The van der Waals surface area contributed by atoms with Crippen LogP contribution in [0.25, 0.3) is 0 Å². The Labute approximate surface area is 90.1 Å². The lowest BCUT2D eigenvalue weighted by Crippen LogP contribution is -2.47. The van der Waals surface area contributed by atoms with Crippen LogP contribution in [-0.2, 0) is 4.79 Å². The predicted octanol–water partition coefficient (Wildman–Crippen LogP) is 0.723. The van der Waals surface area contributed by atoms with E-state index in [2.05, 4.69) is 22.2 Å². The Kier molecular flexibility index (Phi) is 2.73. The molecule has 2 aliphatic heterocycles. The lowest BCUT2D eigenvalue weighted by molar-refractivity contribution is -0.133. The molecule has 0 radical (unpaired) electrons. The van der Waals surface area contributed by atoms with E-state index in [1.54, 1.807) is 0 Å². The molecule has 5 nitrogen and oxygen atoms in total. The molecule has 0 aromatic rings. The number of nitrogens with zero attached hydrogens (tertiary/aromatic N) is 4. The van der Waals surface area contributed by atoms with Crippen molar-refractivity contribution in [1.82, 2.24) is 9.80 Å². The molecule has 2 heterocycles. The van der Waals surface area contributed by atoms with Crippen molar-refractivity contribution in [2.45, 2.75) is 25.4 Å². The molecule has 0 unspecified atom stereocenters. The first-order valence-electron chi connectivity index (χ1n) is 5.49. The average Bonchev–Trinajstić information content (AvgIpc) is 2.95. The number of carbonyl (C=O) groups excluding carboxylic acids is 1. The summed E-state index contributed by atoms with van der Waals surface area (Å²) in [5.74, 6) is 0.252. The van der Waals surface area contributed by atoms with Crippen LogP contribution < -0.4 is 0 Å². The van der Waals surface area contributed by atoms with E-state index < -0.39 is 0 Å². The van der Waals surface area contributed by atoms with E-state index in [4.69, 9.17) is 0 Å². The number of piperazine rings is 1. The van der Waals surface area contributed by atoms with Crippen molar-refractivity contribution in [2.24, 2.45) is 10.2 Å². The Morgan fingerprint density at radius 2 is 1.87 bits per heavy atom. The quantitative estimate of drug-likeness (QED) is 0.689. The van der Waals surface area contributed by atoms with Crippen molar-refractivity contribution >= 4 is 5.91 Å². The summed E-state index contributed by atoms with van der Waals surface area (Å²) in [4.78, 5) is 16.0. The van der Waals surface area contributed by atoms with Crippen LogP contribution in [0.4, 0.5) is 0 Å². The number of rotatable bonds is 3. The van der Waals surface area contributed by atoms with Gasteiger partial charge in [0.25, 0.3) is 0 Å². The van der Waals surface area contributed by atoms with Gasteiger partial charge in [-0.25, -0.2) is 0 Å². The predicted molar refractivity (Wildman–Crippen MR) is 56.6 cm³/mol. The molecule has 15 heavy (non-hydrogen) atoms. The van der Waals surface area contributed by atoms with Crippen molar-refractivity contribution in [1.29, 1.82) is 0 Å². The highest BCUT2D eigenvalue weighted by Gasteiger charge is 2.34. The monoisotopic (exact) mass is 210 g/mol. The van der Waals surface area contributed by atoms with Crippen molar-refractivity contribution in [3.63, 3.8) is 0 Å². The first-order chi connectivity index (χ1) is 7.09. The zero-order chi connectivity index (χ0) is 10.9. The molecule has 2 rings (SSSR count). The summed E-state index contributed by atoms with van der Waals surface area (Å²) in [6, 6.07) is 0. The van der Waals surface area contributed by atoms with Gasteiger partial charge in [0.15, 0.2) is 5.66 Å². The minimum atomic E-state index is -0.234. The summed E-state index contributed by atoms with van der Waals surface area (Å²) in [6.45, 7) is 5.65. The molecule has 0 spiro atoms. The van der Waals surface area contributed by atoms with Crippen LogP contribution in [0, 0.1) is 0 Å². The van der Waals surface area contributed by atoms with Gasteiger partial charge in [0.1, 0.15) is 0 Å². The third-order valence-corrected chi connectivity index (χ3v) is 3.11. The van der Waals surface area contributed by atoms with Gasteiger partial charge < -0.3 is 9.80 Å². The fraction of sp³-hybridized carbons (Fsp3) is 0.900. The summed E-state index contributed by atoms with van der Waals surface area (Å²) < 4.78 is 0. The van der Waals surface area contributed by atoms with Crippen molar-refractivity contribution < 1.29 is 4.79 Å². The fourth-order valence-electron chi connectivity index (χ4n) is 1.74. The molecule has 0 saturated carbocycles. The van der Waals surface area contributed by atoms with Crippen LogP contribution in [-0.4, -0.2) is 54.6 Å². The second-order valence-electron chi connectivity index (χ2n) is 4.60. The smallest absolute Gasteiger partial charge is 0.222 e. The third kappa shape index (κ3) is 2.75. The Bertz CT molecular complexity index is 275. The van der Waals surface area contributed by atoms with Gasteiger partial charge in [0.2, 0.25) is 5.91 Å². The third-order valence-electron chi connectivity index (χ3n) is 3.11. The molecule has 0 N–H and O–H groups in total. The normalized spacial score (nSPS) is 24.3. The Morgan fingerprint density at radius 3 is 2.40 bits per heavy atom. The van der Waals surface area contributed by atoms with Gasteiger partial charge in [-0.3, -0.25) is 4.79 Å². The summed E-state index contributed by atoms with van der Waals surface area (Å²) in [5, 5.41) is 7.82. The zero-order valence-electron chi connectivity index (χ0n) is 9.44. The molecule has 0 aromatic heterocycles. The van der Waals surface area contributed by atoms with Gasteiger partial charge in [-0.2, -0.15) is 10.2 Å². The van der Waals surface area contributed by atoms with Crippen LogP contribution in [0.2, 0.25) is 0 Å². The molecular formula is C10H18N4O. The number of likely N-dealkylation sites (N-methyl/N-ethyl adjacent to an activating group) is 1. The molecule has 1 fully saturated rings. The molecule has 1 saturated heterocycles. The maximum Gasteiger partial charge on any atom is 0.222 e. The molecule has 0 aromatic carbocycles. The topological polar surface area (TPSA) is 48.3 Å². The highest BCUT2D eigenvalue weighted by Crippen LogP contribution is 2.32. The van der Waals surface area contributed by atoms with Gasteiger partial charge in [0.05, 0.1) is 0 Å². The van der Waals surface area contributed by atoms with Gasteiger partial charge in [-0.1, -0.05) is 0 Å². The van der Waals surface area contributed by atoms with E-state index in [9.17, 15) is 4.79 Å². The largest absolute Gasteiger partial charge is 0.340 e. The second-order valence-corrected chi connectivity index (χ2v) is 4.60. The lowest BCUT2D eigenvalue weighted by Gasteiger charge is -2.32. The number of amides is 1. The standard InChI is InChI=1S/C10H18N4O/c1-10(11-12-10)4-3-9(15)14-7-5-13(2)6-8-14/h3-8H2,1-2H3. The van der Waals surface area contributed by atoms with Gasteiger partial charge in [0, 0.05) is 39.0 Å². The van der Waals surface area contributed by atoms with E-state index >= 15 is 0 Å². The second kappa shape index (κ2) is 3.89.